The van der Waals surface area contributed by atoms with Crippen LogP contribution in [0.1, 0.15) is 5.56 Å². The SMILES string of the molecule is Nc1cc(Cl)c(CC(O)CO)c(N)c1[N+](=O)[O-]. The number of anilines is 2. The van der Waals surface area contributed by atoms with Crippen LogP contribution in [0.3, 0.4) is 0 Å². The van der Waals surface area contributed by atoms with Gasteiger partial charge in [0.15, 0.2) is 0 Å². The topological polar surface area (TPSA) is 136 Å². The molecule has 0 spiro atoms. The first kappa shape index (κ1) is 13.5. The lowest BCUT2D eigenvalue weighted by atomic mass is 10.0. The van der Waals surface area contributed by atoms with Crippen molar-refractivity contribution in [3.63, 3.8) is 0 Å². The molecule has 1 atom stereocenters. The zero-order valence-corrected chi connectivity index (χ0v) is 9.52. The molecule has 0 saturated heterocycles. The normalized spacial score (nSPS) is 12.4. The molecule has 0 aliphatic carbocycles. The van der Waals surface area contributed by atoms with E-state index in [-0.39, 0.29) is 28.4 Å². The molecule has 0 bridgehead atoms. The Morgan fingerprint density at radius 2 is 2.12 bits per heavy atom. The van der Waals surface area contributed by atoms with E-state index in [9.17, 15) is 15.2 Å². The van der Waals surface area contributed by atoms with Crippen molar-refractivity contribution >= 4 is 28.7 Å². The van der Waals surface area contributed by atoms with Crippen LogP contribution < -0.4 is 11.5 Å². The van der Waals surface area contributed by atoms with Crippen LogP contribution in [-0.4, -0.2) is 27.8 Å². The Morgan fingerprint density at radius 1 is 1.53 bits per heavy atom. The van der Waals surface area contributed by atoms with Crippen LogP contribution in [0, 0.1) is 10.1 Å². The van der Waals surface area contributed by atoms with Gasteiger partial charge in [0.1, 0.15) is 11.4 Å². The van der Waals surface area contributed by atoms with Crippen molar-refractivity contribution in [3.8, 4) is 0 Å². The Morgan fingerprint density at radius 3 is 2.59 bits per heavy atom. The van der Waals surface area contributed by atoms with Crippen molar-refractivity contribution < 1.29 is 15.1 Å². The van der Waals surface area contributed by atoms with E-state index in [0.29, 0.717) is 0 Å². The van der Waals surface area contributed by atoms with Gasteiger partial charge < -0.3 is 21.7 Å². The number of nitrogens with two attached hydrogens (primary N) is 2. The molecule has 0 heterocycles. The molecule has 6 N–H and O–H groups in total. The predicted octanol–water partition coefficient (Wildman–Crippen LogP) is 0.308. The van der Waals surface area contributed by atoms with Crippen LogP contribution in [0.4, 0.5) is 17.1 Å². The summed E-state index contributed by atoms with van der Waals surface area (Å²) in [5, 5.41) is 28.9. The number of hydrogen-bond donors (Lipinski definition) is 4. The van der Waals surface area contributed by atoms with Crippen molar-refractivity contribution in [3.05, 3.63) is 26.8 Å². The molecule has 94 valence electrons. The summed E-state index contributed by atoms with van der Waals surface area (Å²) in [4.78, 5) is 10.0. The predicted molar refractivity (Wildman–Crippen MR) is 63.7 cm³/mol. The molecule has 0 radical (unpaired) electrons. The molecular weight excluding hydrogens is 250 g/mol. The summed E-state index contributed by atoms with van der Waals surface area (Å²) in [6.07, 6.45) is -1.17. The quantitative estimate of drug-likeness (QED) is 0.350. The van der Waals surface area contributed by atoms with Crippen LogP contribution >= 0.6 is 11.6 Å². The van der Waals surface area contributed by atoms with E-state index in [1.165, 1.54) is 6.07 Å². The second kappa shape index (κ2) is 5.17. The number of aliphatic hydroxyl groups excluding tert-OH is 2. The van der Waals surface area contributed by atoms with E-state index < -0.39 is 23.3 Å². The number of hydrogen-bond acceptors (Lipinski definition) is 6. The molecule has 1 unspecified atom stereocenters. The van der Waals surface area contributed by atoms with Crippen molar-refractivity contribution in [2.75, 3.05) is 18.1 Å². The lowest BCUT2D eigenvalue weighted by molar-refractivity contribution is -0.383. The lowest BCUT2D eigenvalue weighted by Crippen LogP contribution is -2.17. The molecule has 0 fully saturated rings. The van der Waals surface area contributed by atoms with Gasteiger partial charge in [-0.2, -0.15) is 0 Å². The first-order valence-electron chi connectivity index (χ1n) is 4.68. The fraction of sp³-hybridized carbons (Fsp3) is 0.333. The van der Waals surface area contributed by atoms with Gasteiger partial charge in [-0.05, 0) is 6.07 Å². The summed E-state index contributed by atoms with van der Waals surface area (Å²) in [5.41, 5.74) is 10.5. The number of halogens is 1. The third-order valence-corrected chi connectivity index (χ3v) is 2.59. The van der Waals surface area contributed by atoms with Gasteiger partial charge in [-0.3, -0.25) is 10.1 Å². The van der Waals surface area contributed by atoms with E-state index in [0.717, 1.165) is 0 Å². The van der Waals surface area contributed by atoms with Crippen molar-refractivity contribution in [1.82, 2.24) is 0 Å². The Kier molecular flexibility index (Phi) is 4.11. The molecule has 1 rings (SSSR count). The van der Waals surface area contributed by atoms with Gasteiger partial charge in [0, 0.05) is 17.0 Å². The van der Waals surface area contributed by atoms with Crippen LogP contribution in [-0.2, 0) is 6.42 Å². The lowest BCUT2D eigenvalue weighted by Gasteiger charge is -2.12. The van der Waals surface area contributed by atoms with Crippen molar-refractivity contribution in [2.24, 2.45) is 0 Å². The Balaban J connectivity index is 3.30. The fourth-order valence-electron chi connectivity index (χ4n) is 1.43. The number of aliphatic hydroxyl groups is 2. The van der Waals surface area contributed by atoms with Crippen LogP contribution in [0.25, 0.3) is 0 Å². The number of rotatable bonds is 4. The second-order valence-electron chi connectivity index (χ2n) is 3.49. The van der Waals surface area contributed by atoms with Gasteiger partial charge in [-0.1, -0.05) is 11.6 Å². The average Bonchev–Trinajstić information content (AvgIpc) is 2.22. The molecule has 0 aliphatic heterocycles. The molecule has 0 amide bonds. The number of nitro benzene ring substituents is 1. The van der Waals surface area contributed by atoms with Crippen LogP contribution in [0.2, 0.25) is 5.02 Å². The number of benzene rings is 1. The maximum atomic E-state index is 10.8. The largest absolute Gasteiger partial charge is 0.394 e. The van der Waals surface area contributed by atoms with E-state index in [4.69, 9.17) is 28.2 Å². The maximum Gasteiger partial charge on any atom is 0.315 e. The van der Waals surface area contributed by atoms with Gasteiger partial charge in [0.05, 0.1) is 17.6 Å². The summed E-state index contributed by atoms with van der Waals surface area (Å²) in [6, 6.07) is 1.20. The molecule has 0 saturated carbocycles. The van der Waals surface area contributed by atoms with Crippen LogP contribution in [0.15, 0.2) is 6.07 Å². The maximum absolute atomic E-state index is 10.8. The van der Waals surface area contributed by atoms with Crippen LogP contribution in [0.5, 0.6) is 0 Å². The molecule has 0 aromatic heterocycles. The molecule has 1 aromatic carbocycles. The van der Waals surface area contributed by atoms with E-state index in [2.05, 4.69) is 0 Å². The highest BCUT2D eigenvalue weighted by Gasteiger charge is 2.23. The Labute approximate surface area is 102 Å². The standard InChI is InChI=1S/C9H12ClN3O4/c10-6-2-7(11)9(13(16)17)8(12)5(6)1-4(15)3-14/h2,4,14-15H,1,3,11-12H2. The number of nitrogen functional groups attached to an aromatic ring is 2. The summed E-state index contributed by atoms with van der Waals surface area (Å²) < 4.78 is 0. The highest BCUT2D eigenvalue weighted by Crippen LogP contribution is 2.37. The molecule has 1 aromatic rings. The average molecular weight is 262 g/mol. The van der Waals surface area contributed by atoms with E-state index >= 15 is 0 Å². The minimum Gasteiger partial charge on any atom is -0.394 e. The molecule has 7 nitrogen and oxygen atoms in total. The summed E-state index contributed by atoms with van der Waals surface area (Å²) >= 11 is 5.84. The minimum absolute atomic E-state index is 0.0811. The highest BCUT2D eigenvalue weighted by atomic mass is 35.5. The number of nitrogens with zero attached hydrogens (tertiary/aromatic N) is 1. The van der Waals surface area contributed by atoms with Gasteiger partial charge in [-0.25, -0.2) is 0 Å². The first-order chi connectivity index (χ1) is 7.88. The molecule has 0 aliphatic rings. The highest BCUT2D eigenvalue weighted by molar-refractivity contribution is 6.32. The Hall–Kier alpha value is -1.57. The van der Waals surface area contributed by atoms with Gasteiger partial charge >= 0.3 is 5.69 Å². The summed E-state index contributed by atoms with van der Waals surface area (Å²) in [5.74, 6) is 0. The molecular formula is C9H12ClN3O4. The molecule has 17 heavy (non-hydrogen) atoms. The minimum atomic E-state index is -1.09. The first-order valence-corrected chi connectivity index (χ1v) is 5.05. The number of nitro groups is 1. The van der Waals surface area contributed by atoms with Gasteiger partial charge in [0.2, 0.25) is 0 Å². The van der Waals surface area contributed by atoms with Crippen molar-refractivity contribution in [1.29, 1.82) is 0 Å². The summed E-state index contributed by atoms with van der Waals surface area (Å²) in [6.45, 7) is -0.492. The smallest absolute Gasteiger partial charge is 0.315 e. The third-order valence-electron chi connectivity index (χ3n) is 2.26. The van der Waals surface area contributed by atoms with E-state index in [1.807, 2.05) is 0 Å². The second-order valence-corrected chi connectivity index (χ2v) is 3.89. The van der Waals surface area contributed by atoms with Gasteiger partial charge in [0.25, 0.3) is 0 Å². The zero-order chi connectivity index (χ0) is 13.2. The zero-order valence-electron chi connectivity index (χ0n) is 8.76. The molecule has 8 heteroatoms. The third kappa shape index (κ3) is 2.76. The monoisotopic (exact) mass is 261 g/mol. The van der Waals surface area contributed by atoms with Crippen molar-refractivity contribution in [2.45, 2.75) is 12.5 Å². The Bertz CT molecular complexity index is 452. The van der Waals surface area contributed by atoms with Gasteiger partial charge in [-0.15, -0.1) is 0 Å². The summed E-state index contributed by atoms with van der Waals surface area (Å²) in [7, 11) is 0. The van der Waals surface area contributed by atoms with E-state index in [1.54, 1.807) is 0 Å². The fourth-order valence-corrected chi connectivity index (χ4v) is 1.73.